The monoisotopic (exact) mass is 690 g/mol. The molecule has 0 fully saturated rings. The molecule has 12 heteroatoms. The SMILES string of the molecule is CCN(CC)C(=O)C1=C(C)N=c2s/c(=C/c3cc(Br)ccc3OCc3ccc([N+](=O)[O-])cc3)c(=O)n2[C@H]1c1ccccc1OC. The Labute approximate surface area is 271 Å². The number of non-ortho nitro benzene ring substituents is 1. The first-order valence-corrected chi connectivity index (χ1v) is 15.9. The standard InChI is InChI=1S/C33H31BrN4O6S/c1-5-36(6-2)32(40)29-20(3)35-33-37(30(29)25-9-7-8-10-27(25)43-4)31(39)28(45-33)18-22-17-23(34)13-16-26(22)44-19-21-11-14-24(15-12-21)38(41)42/h7-18,30H,5-6,19H2,1-4H3/b28-18+/t30-/m0/s1. The van der Waals surface area contributed by atoms with Crippen molar-refractivity contribution in [2.75, 3.05) is 20.2 Å². The van der Waals surface area contributed by atoms with Crippen LogP contribution in [0, 0.1) is 10.1 Å². The molecule has 1 atom stereocenters. The van der Waals surface area contributed by atoms with E-state index in [0.717, 1.165) is 10.0 Å². The van der Waals surface area contributed by atoms with E-state index in [-0.39, 0.29) is 23.8 Å². The predicted molar refractivity (Wildman–Crippen MR) is 176 cm³/mol. The number of nitrogens with zero attached hydrogens (tertiary/aromatic N) is 4. The molecular weight excluding hydrogens is 660 g/mol. The van der Waals surface area contributed by atoms with Crippen LogP contribution in [0.15, 0.2) is 92.3 Å². The van der Waals surface area contributed by atoms with Gasteiger partial charge in [-0.3, -0.25) is 24.3 Å². The predicted octanol–water partition coefficient (Wildman–Crippen LogP) is 5.36. The molecule has 10 nitrogen and oxygen atoms in total. The highest BCUT2D eigenvalue weighted by atomic mass is 79.9. The molecule has 1 aromatic heterocycles. The fourth-order valence-corrected chi connectivity index (χ4v) is 6.66. The maximum Gasteiger partial charge on any atom is 0.271 e. The summed E-state index contributed by atoms with van der Waals surface area (Å²) in [6.45, 7) is 6.84. The van der Waals surface area contributed by atoms with Gasteiger partial charge in [0.1, 0.15) is 24.1 Å². The van der Waals surface area contributed by atoms with Crippen molar-refractivity contribution in [3.8, 4) is 11.5 Å². The van der Waals surface area contributed by atoms with Crippen molar-refractivity contribution in [2.24, 2.45) is 4.99 Å². The number of likely N-dealkylation sites (N-methyl/N-ethyl adjacent to an activating group) is 1. The van der Waals surface area contributed by atoms with Crippen LogP contribution in [0.1, 0.15) is 43.5 Å². The topological polar surface area (TPSA) is 116 Å². The number of allylic oxidation sites excluding steroid dienone is 1. The van der Waals surface area contributed by atoms with Crippen LogP contribution in [0.2, 0.25) is 0 Å². The van der Waals surface area contributed by atoms with Crippen LogP contribution in [0.3, 0.4) is 0 Å². The second-order valence-corrected chi connectivity index (χ2v) is 12.1. The minimum absolute atomic E-state index is 0.00192. The summed E-state index contributed by atoms with van der Waals surface area (Å²) in [5.41, 5.74) is 2.77. The number of halogens is 1. The Balaban J connectivity index is 1.62. The van der Waals surface area contributed by atoms with Crippen molar-refractivity contribution < 1.29 is 19.2 Å². The second kappa shape index (κ2) is 13.6. The van der Waals surface area contributed by atoms with E-state index in [2.05, 4.69) is 15.9 Å². The maximum absolute atomic E-state index is 14.2. The zero-order valence-corrected chi connectivity index (χ0v) is 27.6. The third-order valence-electron chi connectivity index (χ3n) is 7.54. The van der Waals surface area contributed by atoms with E-state index in [1.807, 2.05) is 50.2 Å². The van der Waals surface area contributed by atoms with Crippen molar-refractivity contribution in [1.82, 2.24) is 9.47 Å². The molecule has 0 spiro atoms. The van der Waals surface area contributed by atoms with Gasteiger partial charge in [0.25, 0.3) is 17.2 Å². The Kier molecular flexibility index (Phi) is 9.64. The van der Waals surface area contributed by atoms with Gasteiger partial charge in [-0.1, -0.05) is 45.5 Å². The molecule has 232 valence electrons. The minimum Gasteiger partial charge on any atom is -0.496 e. The summed E-state index contributed by atoms with van der Waals surface area (Å²) in [6.07, 6.45) is 1.75. The van der Waals surface area contributed by atoms with Gasteiger partial charge >= 0.3 is 0 Å². The largest absolute Gasteiger partial charge is 0.496 e. The highest BCUT2D eigenvalue weighted by Crippen LogP contribution is 2.36. The van der Waals surface area contributed by atoms with Crippen LogP contribution in [0.25, 0.3) is 6.08 Å². The summed E-state index contributed by atoms with van der Waals surface area (Å²) in [5, 5.41) is 11.0. The minimum atomic E-state index is -0.743. The summed E-state index contributed by atoms with van der Waals surface area (Å²) in [7, 11) is 1.57. The van der Waals surface area contributed by atoms with E-state index in [9.17, 15) is 19.7 Å². The fourth-order valence-electron chi connectivity index (χ4n) is 5.24. The first kappa shape index (κ1) is 31.9. The van der Waals surface area contributed by atoms with Crippen molar-refractivity contribution in [3.63, 3.8) is 0 Å². The number of thiazole rings is 1. The normalized spacial score (nSPS) is 14.5. The van der Waals surface area contributed by atoms with Crippen molar-refractivity contribution >= 4 is 44.9 Å². The third-order valence-corrected chi connectivity index (χ3v) is 9.01. The van der Waals surface area contributed by atoms with E-state index in [0.29, 0.717) is 56.3 Å². The molecule has 1 amide bonds. The van der Waals surface area contributed by atoms with Gasteiger partial charge in [0.2, 0.25) is 0 Å². The number of aromatic nitrogens is 1. The van der Waals surface area contributed by atoms with Gasteiger partial charge in [-0.15, -0.1) is 0 Å². The molecule has 1 aliphatic heterocycles. The van der Waals surface area contributed by atoms with Crippen LogP contribution in [-0.2, 0) is 11.4 Å². The van der Waals surface area contributed by atoms with Crippen molar-refractivity contribution in [3.05, 3.63) is 129 Å². The van der Waals surface area contributed by atoms with Crippen LogP contribution >= 0.6 is 27.3 Å². The summed E-state index contributed by atoms with van der Waals surface area (Å²) in [4.78, 5) is 45.6. The molecule has 0 N–H and O–H groups in total. The lowest BCUT2D eigenvalue weighted by atomic mass is 9.94. The number of hydrogen-bond donors (Lipinski definition) is 0. The van der Waals surface area contributed by atoms with Crippen molar-refractivity contribution in [2.45, 2.75) is 33.4 Å². The van der Waals surface area contributed by atoms with Gasteiger partial charge < -0.3 is 14.4 Å². The van der Waals surface area contributed by atoms with Crippen LogP contribution in [0.5, 0.6) is 11.5 Å². The lowest BCUT2D eigenvalue weighted by Crippen LogP contribution is -2.43. The summed E-state index contributed by atoms with van der Waals surface area (Å²) in [6, 6.07) is 18.3. The highest BCUT2D eigenvalue weighted by molar-refractivity contribution is 9.10. The number of fused-ring (bicyclic) bond motifs is 1. The van der Waals surface area contributed by atoms with E-state index in [1.165, 1.54) is 23.5 Å². The number of nitro benzene ring substituents is 1. The highest BCUT2D eigenvalue weighted by Gasteiger charge is 2.35. The van der Waals surface area contributed by atoms with E-state index >= 15 is 0 Å². The maximum atomic E-state index is 14.2. The molecule has 0 bridgehead atoms. The number of carbonyl (C=O) groups is 1. The first-order valence-electron chi connectivity index (χ1n) is 14.3. The Morgan fingerprint density at radius 3 is 2.49 bits per heavy atom. The smallest absolute Gasteiger partial charge is 0.271 e. The van der Waals surface area contributed by atoms with Crippen LogP contribution < -0.4 is 24.4 Å². The van der Waals surface area contributed by atoms with Crippen LogP contribution in [-0.4, -0.2) is 40.5 Å². The number of rotatable bonds is 10. The number of hydrogen-bond acceptors (Lipinski definition) is 8. The molecule has 45 heavy (non-hydrogen) atoms. The van der Waals surface area contributed by atoms with Gasteiger partial charge in [0.05, 0.1) is 27.8 Å². The fraction of sp³-hybridized carbons (Fsp3) is 0.242. The number of amides is 1. The molecule has 4 aromatic rings. The Morgan fingerprint density at radius 2 is 1.82 bits per heavy atom. The first-order chi connectivity index (χ1) is 21.7. The summed E-state index contributed by atoms with van der Waals surface area (Å²) < 4.78 is 14.6. The number of nitro groups is 1. The average Bonchev–Trinajstić information content (AvgIpc) is 3.34. The van der Waals surface area contributed by atoms with E-state index < -0.39 is 11.0 Å². The van der Waals surface area contributed by atoms with Gasteiger partial charge in [0, 0.05) is 40.8 Å². The summed E-state index contributed by atoms with van der Waals surface area (Å²) >= 11 is 4.75. The molecule has 0 unspecified atom stereocenters. The average molecular weight is 692 g/mol. The Morgan fingerprint density at radius 1 is 1.11 bits per heavy atom. The lowest BCUT2D eigenvalue weighted by molar-refractivity contribution is -0.384. The number of benzene rings is 3. The summed E-state index contributed by atoms with van der Waals surface area (Å²) in [5.74, 6) is 0.906. The quantitative estimate of drug-likeness (QED) is 0.163. The lowest BCUT2D eigenvalue weighted by Gasteiger charge is -2.29. The molecule has 0 saturated carbocycles. The molecular formula is C33H31BrN4O6S. The number of ether oxygens (including phenoxy) is 2. The Hall–Kier alpha value is -4.55. The molecule has 0 saturated heterocycles. The molecule has 3 aromatic carbocycles. The van der Waals surface area contributed by atoms with Crippen molar-refractivity contribution in [1.29, 1.82) is 0 Å². The molecule has 0 radical (unpaired) electrons. The van der Waals surface area contributed by atoms with E-state index in [1.54, 1.807) is 47.8 Å². The molecule has 5 rings (SSSR count). The van der Waals surface area contributed by atoms with Gasteiger partial charge in [0.15, 0.2) is 4.80 Å². The van der Waals surface area contributed by atoms with Gasteiger partial charge in [-0.2, -0.15) is 0 Å². The zero-order chi connectivity index (χ0) is 32.2. The number of para-hydroxylation sites is 1. The molecule has 1 aliphatic rings. The van der Waals surface area contributed by atoms with Gasteiger partial charge in [-0.05, 0) is 68.8 Å². The number of methoxy groups -OCH3 is 1. The third kappa shape index (κ3) is 6.47. The van der Waals surface area contributed by atoms with Gasteiger partial charge in [-0.25, -0.2) is 4.99 Å². The van der Waals surface area contributed by atoms with E-state index in [4.69, 9.17) is 14.5 Å². The Bertz CT molecular complexity index is 1980. The number of carbonyl (C=O) groups excluding carboxylic acids is 1. The molecule has 2 heterocycles. The van der Waals surface area contributed by atoms with Crippen LogP contribution in [0.4, 0.5) is 5.69 Å². The zero-order valence-electron chi connectivity index (χ0n) is 25.2. The molecule has 0 aliphatic carbocycles. The second-order valence-electron chi connectivity index (χ2n) is 10.2.